The highest BCUT2D eigenvalue weighted by molar-refractivity contribution is 7.80. The van der Waals surface area contributed by atoms with Crippen LogP contribution in [0.1, 0.15) is 90.9 Å². The van der Waals surface area contributed by atoms with Gasteiger partial charge in [0, 0.05) is 6.92 Å². The number of hydrogen-bond acceptors (Lipinski definition) is 26. The van der Waals surface area contributed by atoms with E-state index >= 15 is 0 Å². The van der Waals surface area contributed by atoms with Gasteiger partial charge in [0.2, 0.25) is 22.7 Å². The van der Waals surface area contributed by atoms with Gasteiger partial charge in [-0.2, -0.15) is 0 Å². The molecule has 22 atom stereocenters. The third kappa shape index (κ3) is 18.4. The van der Waals surface area contributed by atoms with Gasteiger partial charge in [0.25, 0.3) is 0 Å². The van der Waals surface area contributed by atoms with Crippen molar-refractivity contribution >= 4 is 22.7 Å². The molecule has 14 N–H and O–H groups in total. The normalized spacial score (nSPS) is 37.9. The summed E-state index contributed by atoms with van der Waals surface area (Å²) >= 11 is 0. The standard InChI is InChI=1S/C45H80N2O26S/c1-3-4-5-6-7-8-9-10-11-12-13-14-15-16-25(54)24(46-22-52)21-65-43-36(60)34(58)38(28(19-50)68-43)70-45-37(61)41(73-74(62,63)64)39(29(20-51)69-45)71-42-30(47-23(2)53)40(32(56)27(18-49)66-42)72-44-35(59)33(57)31(55)26(17-48)67-44/h15-16,22,24-45,48-51,54-61H,3-14,17-21H2,1-2H3,(H,46,52)(H,47,53)(H,62,63,64)/p-1/b16-15+/t24-,25+,26+,27+,28+,29+,30+,31-,32-,33-,34+,35+,36+,37+,38+,39-,40+,41+,42-,43+,44-,45-/m0/s1. The number of hydrogen-bond donors (Lipinski definition) is 14. The van der Waals surface area contributed by atoms with Crippen molar-refractivity contribution in [3.05, 3.63) is 12.2 Å². The number of aliphatic hydroxyl groups is 12. The van der Waals surface area contributed by atoms with Crippen molar-refractivity contribution in [2.75, 3.05) is 33.0 Å². The topological polar surface area (TPSA) is 441 Å². The van der Waals surface area contributed by atoms with Crippen LogP contribution >= 0.6 is 0 Å². The Kier molecular flexibility index (Phi) is 27.8. The van der Waals surface area contributed by atoms with Crippen molar-refractivity contribution < 1.29 is 126 Å². The van der Waals surface area contributed by atoms with E-state index in [9.17, 15) is 83.8 Å². The molecular formula is C45H79N2O26S-. The largest absolute Gasteiger partial charge is 0.726 e. The van der Waals surface area contributed by atoms with E-state index in [1.807, 2.05) is 0 Å². The average Bonchev–Trinajstić information content (AvgIpc) is 3.36. The molecule has 0 aromatic heterocycles. The van der Waals surface area contributed by atoms with Crippen LogP contribution < -0.4 is 10.6 Å². The van der Waals surface area contributed by atoms with Gasteiger partial charge in [-0.05, 0) is 12.8 Å². The maximum Gasteiger partial charge on any atom is 0.218 e. The number of amides is 2. The van der Waals surface area contributed by atoms with Crippen molar-refractivity contribution in [3.8, 4) is 0 Å². The molecule has 28 nitrogen and oxygen atoms in total. The lowest BCUT2D eigenvalue weighted by Crippen LogP contribution is -2.70. The maximum atomic E-state index is 12.5. The minimum absolute atomic E-state index is 0.320. The molecule has 0 saturated carbocycles. The first-order chi connectivity index (χ1) is 35.2. The Hall–Kier alpha value is -2.25. The summed E-state index contributed by atoms with van der Waals surface area (Å²) in [6.07, 6.45) is -21.6. The number of carbonyl (C=O) groups excluding carboxylic acids is 2. The van der Waals surface area contributed by atoms with Crippen LogP contribution in [0.25, 0.3) is 0 Å². The second kappa shape index (κ2) is 32.0. The van der Waals surface area contributed by atoms with Crippen LogP contribution in [-0.2, 0) is 62.1 Å². The Bertz CT molecular complexity index is 1760. The van der Waals surface area contributed by atoms with Gasteiger partial charge in [0.1, 0.15) is 97.6 Å². The minimum Gasteiger partial charge on any atom is -0.726 e. The molecule has 0 radical (unpaired) electrons. The van der Waals surface area contributed by atoms with Crippen molar-refractivity contribution in [1.29, 1.82) is 0 Å². The molecule has 4 heterocycles. The summed E-state index contributed by atoms with van der Waals surface area (Å²) in [6.45, 7) is -1.38. The zero-order chi connectivity index (χ0) is 54.7. The molecule has 432 valence electrons. The minimum atomic E-state index is -5.84. The summed E-state index contributed by atoms with van der Waals surface area (Å²) in [5.74, 6) is -0.875. The SMILES string of the molecule is CCCCCCCCCCCCC/C=C/[C@@H](O)[C@H](CO[C@@H]1O[C@H](CO)[C@@H](O[C@@H]2O[C@H](CO)[C@H](O[C@@H]3O[C@H](CO)[C@H](O)[C@H](O[C@@H]4O[C@H](CO)[C@H](O)[C@H](O)[C@H]4O)[C@H]3NC(C)=O)[C@H](OS(=O)(=O)[O-])[C@H]2O)[C@H](O)[C@H]1O)NC=O. The first-order valence-electron chi connectivity index (χ1n) is 25.1. The van der Waals surface area contributed by atoms with Crippen molar-refractivity contribution in [1.82, 2.24) is 10.6 Å². The fraction of sp³-hybridized carbons (Fsp3) is 0.911. The molecule has 0 spiro atoms. The monoisotopic (exact) mass is 1100 g/mol. The number of ether oxygens (including phenoxy) is 8. The van der Waals surface area contributed by atoms with Crippen LogP contribution in [-0.4, -0.2) is 255 Å². The molecule has 4 fully saturated rings. The van der Waals surface area contributed by atoms with Gasteiger partial charge >= 0.3 is 0 Å². The molecule has 0 aromatic rings. The van der Waals surface area contributed by atoms with E-state index < -0.39 is 184 Å². The highest BCUT2D eigenvalue weighted by Crippen LogP contribution is 2.36. The second-order valence-electron chi connectivity index (χ2n) is 18.8. The molecule has 0 unspecified atom stereocenters. The van der Waals surface area contributed by atoms with E-state index in [1.165, 1.54) is 51.0 Å². The highest BCUT2D eigenvalue weighted by atomic mass is 32.3. The lowest BCUT2D eigenvalue weighted by Gasteiger charge is -2.50. The van der Waals surface area contributed by atoms with Gasteiger partial charge in [-0.1, -0.05) is 83.3 Å². The van der Waals surface area contributed by atoms with Crippen molar-refractivity contribution in [3.63, 3.8) is 0 Å². The third-order valence-corrected chi connectivity index (χ3v) is 13.7. The van der Waals surface area contributed by atoms with Crippen LogP contribution in [0.3, 0.4) is 0 Å². The van der Waals surface area contributed by atoms with Crippen molar-refractivity contribution in [2.24, 2.45) is 0 Å². The van der Waals surface area contributed by atoms with Gasteiger partial charge < -0.3 is 114 Å². The molecule has 29 heteroatoms. The fourth-order valence-corrected chi connectivity index (χ4v) is 9.62. The molecular weight excluding hydrogens is 1020 g/mol. The summed E-state index contributed by atoms with van der Waals surface area (Å²) in [6, 6.07) is -2.87. The van der Waals surface area contributed by atoms with Gasteiger partial charge in [0.15, 0.2) is 25.2 Å². The van der Waals surface area contributed by atoms with E-state index in [0.29, 0.717) is 12.8 Å². The Morgan fingerprint density at radius 2 is 1.09 bits per heavy atom. The van der Waals surface area contributed by atoms with Crippen LogP contribution in [0.5, 0.6) is 0 Å². The molecule has 4 rings (SSSR count). The summed E-state index contributed by atoms with van der Waals surface area (Å²) < 4.78 is 86.7. The zero-order valence-electron chi connectivity index (χ0n) is 41.4. The number of unbranched alkanes of at least 4 members (excludes halogenated alkanes) is 11. The highest BCUT2D eigenvalue weighted by Gasteiger charge is 2.57. The fourth-order valence-electron chi connectivity index (χ4n) is 9.13. The molecule has 0 aliphatic carbocycles. The summed E-state index contributed by atoms with van der Waals surface area (Å²) in [7, 11) is -5.84. The van der Waals surface area contributed by atoms with Crippen LogP contribution in [0, 0.1) is 0 Å². The number of carbonyl (C=O) groups is 2. The number of rotatable bonds is 32. The van der Waals surface area contributed by atoms with Crippen LogP contribution in [0.2, 0.25) is 0 Å². The Morgan fingerprint density at radius 1 is 0.608 bits per heavy atom. The Morgan fingerprint density at radius 3 is 1.66 bits per heavy atom. The first kappa shape index (κ1) is 64.3. The van der Waals surface area contributed by atoms with Gasteiger partial charge in [-0.25, -0.2) is 8.42 Å². The predicted octanol–water partition coefficient (Wildman–Crippen LogP) is -5.36. The summed E-state index contributed by atoms with van der Waals surface area (Å²) in [4.78, 5) is 24.0. The quantitative estimate of drug-likeness (QED) is 0.00983. The summed E-state index contributed by atoms with van der Waals surface area (Å²) in [5, 5.41) is 133. The maximum absolute atomic E-state index is 12.5. The molecule has 0 bridgehead atoms. The Labute approximate surface area is 429 Å². The molecule has 4 aliphatic heterocycles. The molecule has 0 aromatic carbocycles. The van der Waals surface area contributed by atoms with E-state index in [-0.39, 0.29) is 0 Å². The van der Waals surface area contributed by atoms with E-state index in [0.717, 1.165) is 32.6 Å². The second-order valence-corrected chi connectivity index (χ2v) is 19.8. The lowest BCUT2D eigenvalue weighted by molar-refractivity contribution is -0.378. The molecule has 2 amide bonds. The Balaban J connectivity index is 1.44. The average molecular weight is 1100 g/mol. The third-order valence-electron chi connectivity index (χ3n) is 13.2. The summed E-state index contributed by atoms with van der Waals surface area (Å²) in [5.41, 5.74) is 0. The van der Waals surface area contributed by atoms with Crippen molar-refractivity contribution in [2.45, 2.75) is 226 Å². The zero-order valence-corrected chi connectivity index (χ0v) is 42.3. The molecule has 4 saturated heterocycles. The number of allylic oxidation sites excluding steroid dienone is 1. The lowest BCUT2D eigenvalue weighted by atomic mass is 9.94. The first-order valence-corrected chi connectivity index (χ1v) is 26.4. The van der Waals surface area contributed by atoms with Gasteiger partial charge in [-0.3, -0.25) is 13.8 Å². The smallest absolute Gasteiger partial charge is 0.218 e. The predicted molar refractivity (Wildman–Crippen MR) is 247 cm³/mol. The van der Waals surface area contributed by atoms with E-state index in [2.05, 4.69) is 21.7 Å². The van der Waals surface area contributed by atoms with Gasteiger partial charge in [-0.15, -0.1) is 0 Å². The molecule has 74 heavy (non-hydrogen) atoms. The van der Waals surface area contributed by atoms with Gasteiger partial charge in [0.05, 0.1) is 45.2 Å². The van der Waals surface area contributed by atoms with Crippen LogP contribution in [0.15, 0.2) is 12.2 Å². The van der Waals surface area contributed by atoms with E-state index in [4.69, 9.17) is 37.9 Å². The molecule has 4 aliphatic rings. The number of nitrogens with one attached hydrogen (secondary N) is 2. The van der Waals surface area contributed by atoms with E-state index in [1.54, 1.807) is 6.08 Å². The number of aliphatic hydroxyl groups excluding tert-OH is 12. The van der Waals surface area contributed by atoms with Crippen LogP contribution in [0.4, 0.5) is 0 Å².